The molecular weight excluding hydrogens is 292 g/mol. The molecule has 1 rings (SSSR count). The van der Waals surface area contributed by atoms with Crippen LogP contribution in [0.5, 0.6) is 5.75 Å². The number of halogens is 1. The normalized spacial score (nSPS) is 11.0. The molecule has 1 aromatic carbocycles. The predicted molar refractivity (Wildman–Crippen MR) is 80.5 cm³/mol. The second-order valence-corrected chi connectivity index (χ2v) is 5.69. The highest BCUT2D eigenvalue weighted by molar-refractivity contribution is 9.10. The lowest BCUT2D eigenvalue weighted by molar-refractivity contribution is 0.305. The van der Waals surface area contributed by atoms with Crippen molar-refractivity contribution in [2.45, 2.75) is 13.8 Å². The van der Waals surface area contributed by atoms with E-state index in [-0.39, 0.29) is 0 Å². The number of nitrogens with zero attached hydrogens (tertiary/aromatic N) is 1. The average Bonchev–Trinajstić information content (AvgIpc) is 2.25. The van der Waals surface area contributed by atoms with E-state index in [9.17, 15) is 0 Å². The Balaban J connectivity index is 2.31. The summed E-state index contributed by atoms with van der Waals surface area (Å²) in [5, 5.41) is 3.36. The van der Waals surface area contributed by atoms with Crippen LogP contribution in [0.15, 0.2) is 16.6 Å². The van der Waals surface area contributed by atoms with Crippen LogP contribution in [-0.2, 0) is 0 Å². The molecule has 0 aliphatic heterocycles. The molecule has 0 saturated carbocycles. The fraction of sp³-hybridized carbons (Fsp3) is 0.571. The van der Waals surface area contributed by atoms with E-state index in [0.29, 0.717) is 6.61 Å². The molecule has 3 nitrogen and oxygen atoms in total. The first kappa shape index (κ1) is 15.5. The summed E-state index contributed by atoms with van der Waals surface area (Å²) >= 11 is 3.49. The summed E-state index contributed by atoms with van der Waals surface area (Å²) in [5.41, 5.74) is 2.35. The Hall–Kier alpha value is -0.580. The van der Waals surface area contributed by atoms with Gasteiger partial charge in [0.25, 0.3) is 0 Å². The quantitative estimate of drug-likeness (QED) is 0.783. The molecule has 0 aliphatic carbocycles. The molecule has 0 radical (unpaired) electrons. The topological polar surface area (TPSA) is 24.5 Å². The van der Waals surface area contributed by atoms with Crippen LogP contribution in [0.25, 0.3) is 0 Å². The van der Waals surface area contributed by atoms with Gasteiger partial charge in [0.05, 0.1) is 0 Å². The van der Waals surface area contributed by atoms with Crippen molar-refractivity contribution < 1.29 is 4.74 Å². The van der Waals surface area contributed by atoms with Gasteiger partial charge in [0.2, 0.25) is 0 Å². The highest BCUT2D eigenvalue weighted by atomic mass is 79.9. The van der Waals surface area contributed by atoms with E-state index in [2.05, 4.69) is 66.2 Å². The van der Waals surface area contributed by atoms with E-state index in [1.807, 2.05) is 0 Å². The van der Waals surface area contributed by atoms with Crippen molar-refractivity contribution in [2.24, 2.45) is 0 Å². The van der Waals surface area contributed by atoms with Crippen LogP contribution >= 0.6 is 15.9 Å². The number of benzene rings is 1. The largest absolute Gasteiger partial charge is 0.492 e. The van der Waals surface area contributed by atoms with Gasteiger partial charge in [-0.15, -0.1) is 0 Å². The van der Waals surface area contributed by atoms with Crippen LogP contribution in [0.4, 0.5) is 0 Å². The Morgan fingerprint density at radius 2 is 1.78 bits per heavy atom. The minimum atomic E-state index is 0.705. The standard InChI is InChI=1S/C14H23BrN2O/c1-11-9-13(15)10-12(2)14(11)18-8-6-16-5-7-17(3)4/h9-10,16H,5-8H2,1-4H3. The Kier molecular flexibility index (Phi) is 6.68. The van der Waals surface area contributed by atoms with Crippen molar-refractivity contribution in [3.8, 4) is 5.75 Å². The summed E-state index contributed by atoms with van der Waals surface area (Å²) in [6.07, 6.45) is 0. The van der Waals surface area contributed by atoms with Crippen LogP contribution in [0.1, 0.15) is 11.1 Å². The lowest BCUT2D eigenvalue weighted by atomic mass is 10.1. The third-order valence-corrected chi connectivity index (χ3v) is 3.14. The highest BCUT2D eigenvalue weighted by Crippen LogP contribution is 2.27. The van der Waals surface area contributed by atoms with E-state index in [1.54, 1.807) is 0 Å². The molecular formula is C14H23BrN2O. The maximum absolute atomic E-state index is 5.83. The first-order valence-corrected chi connectivity index (χ1v) is 7.05. The molecule has 0 aliphatic rings. The lowest BCUT2D eigenvalue weighted by Gasteiger charge is -2.14. The molecule has 0 aromatic heterocycles. The van der Waals surface area contributed by atoms with E-state index < -0.39 is 0 Å². The third-order valence-electron chi connectivity index (χ3n) is 2.69. The molecule has 0 unspecified atom stereocenters. The summed E-state index contributed by atoms with van der Waals surface area (Å²) in [5.74, 6) is 1.01. The maximum Gasteiger partial charge on any atom is 0.125 e. The Morgan fingerprint density at radius 1 is 1.17 bits per heavy atom. The Bertz CT molecular complexity index is 357. The molecule has 0 atom stereocenters. The molecule has 0 fully saturated rings. The van der Waals surface area contributed by atoms with Crippen LogP contribution in [0, 0.1) is 13.8 Å². The van der Waals surface area contributed by atoms with Gasteiger partial charge >= 0.3 is 0 Å². The second-order valence-electron chi connectivity index (χ2n) is 4.77. The van der Waals surface area contributed by atoms with Crippen molar-refractivity contribution in [3.05, 3.63) is 27.7 Å². The Labute approximate surface area is 119 Å². The van der Waals surface area contributed by atoms with Crippen LogP contribution < -0.4 is 10.1 Å². The van der Waals surface area contributed by atoms with E-state index >= 15 is 0 Å². The first-order chi connectivity index (χ1) is 8.50. The molecule has 0 spiro atoms. The molecule has 0 bridgehead atoms. The number of rotatable bonds is 7. The molecule has 4 heteroatoms. The fourth-order valence-electron chi connectivity index (χ4n) is 1.78. The SMILES string of the molecule is Cc1cc(Br)cc(C)c1OCCNCCN(C)C. The minimum absolute atomic E-state index is 0.705. The summed E-state index contributed by atoms with van der Waals surface area (Å²) in [7, 11) is 4.15. The smallest absolute Gasteiger partial charge is 0.125 e. The molecule has 0 saturated heterocycles. The summed E-state index contributed by atoms with van der Waals surface area (Å²) < 4.78 is 6.94. The molecule has 1 aromatic rings. The van der Waals surface area contributed by atoms with E-state index in [4.69, 9.17) is 4.74 Å². The zero-order chi connectivity index (χ0) is 13.5. The Morgan fingerprint density at radius 3 is 2.33 bits per heavy atom. The number of ether oxygens (including phenoxy) is 1. The molecule has 102 valence electrons. The van der Waals surface area contributed by atoms with E-state index in [1.165, 1.54) is 11.1 Å². The minimum Gasteiger partial charge on any atom is -0.492 e. The van der Waals surface area contributed by atoms with Crippen molar-refractivity contribution >= 4 is 15.9 Å². The van der Waals surface area contributed by atoms with Gasteiger partial charge < -0.3 is 15.0 Å². The zero-order valence-electron chi connectivity index (χ0n) is 11.7. The summed E-state index contributed by atoms with van der Waals surface area (Å²) in [4.78, 5) is 2.16. The van der Waals surface area contributed by atoms with Gasteiger partial charge in [-0.2, -0.15) is 0 Å². The van der Waals surface area contributed by atoms with Crippen LogP contribution in [0.2, 0.25) is 0 Å². The molecule has 0 heterocycles. The molecule has 0 amide bonds. The van der Waals surface area contributed by atoms with Crippen LogP contribution in [0.3, 0.4) is 0 Å². The van der Waals surface area contributed by atoms with Crippen LogP contribution in [-0.4, -0.2) is 45.2 Å². The van der Waals surface area contributed by atoms with Gasteiger partial charge in [-0.25, -0.2) is 0 Å². The molecule has 18 heavy (non-hydrogen) atoms. The van der Waals surface area contributed by atoms with E-state index in [0.717, 1.165) is 29.9 Å². The monoisotopic (exact) mass is 314 g/mol. The maximum atomic E-state index is 5.83. The second kappa shape index (κ2) is 7.77. The fourth-order valence-corrected chi connectivity index (χ4v) is 2.46. The lowest BCUT2D eigenvalue weighted by Crippen LogP contribution is -2.29. The first-order valence-electron chi connectivity index (χ1n) is 6.25. The highest BCUT2D eigenvalue weighted by Gasteiger charge is 2.05. The van der Waals surface area contributed by atoms with Gasteiger partial charge in [-0.3, -0.25) is 0 Å². The number of likely N-dealkylation sites (N-methyl/N-ethyl adjacent to an activating group) is 1. The number of hydrogen-bond donors (Lipinski definition) is 1. The van der Waals surface area contributed by atoms with Gasteiger partial charge in [-0.05, 0) is 51.2 Å². The van der Waals surface area contributed by atoms with Crippen molar-refractivity contribution in [2.75, 3.05) is 40.3 Å². The third kappa shape index (κ3) is 5.38. The van der Waals surface area contributed by atoms with Gasteiger partial charge in [-0.1, -0.05) is 15.9 Å². The number of aryl methyl sites for hydroxylation is 2. The number of hydrogen-bond acceptors (Lipinski definition) is 3. The zero-order valence-corrected chi connectivity index (χ0v) is 13.3. The summed E-state index contributed by atoms with van der Waals surface area (Å²) in [6.45, 7) is 7.78. The van der Waals surface area contributed by atoms with Crippen molar-refractivity contribution in [1.29, 1.82) is 0 Å². The molecule has 1 N–H and O–H groups in total. The van der Waals surface area contributed by atoms with Gasteiger partial charge in [0, 0.05) is 24.1 Å². The summed E-state index contributed by atoms with van der Waals surface area (Å²) in [6, 6.07) is 4.17. The predicted octanol–water partition coefficient (Wildman–Crippen LogP) is 2.60. The van der Waals surface area contributed by atoms with Gasteiger partial charge in [0.15, 0.2) is 0 Å². The number of nitrogens with one attached hydrogen (secondary N) is 1. The van der Waals surface area contributed by atoms with Crippen molar-refractivity contribution in [1.82, 2.24) is 10.2 Å². The van der Waals surface area contributed by atoms with Crippen molar-refractivity contribution in [3.63, 3.8) is 0 Å². The van der Waals surface area contributed by atoms with Gasteiger partial charge in [0.1, 0.15) is 12.4 Å². The average molecular weight is 315 g/mol.